The van der Waals surface area contributed by atoms with E-state index in [1.165, 1.54) is 22.3 Å². The molecule has 29 heavy (non-hydrogen) atoms. The van der Waals surface area contributed by atoms with Crippen LogP contribution >= 0.6 is 0 Å². The van der Waals surface area contributed by atoms with Crippen molar-refractivity contribution in [3.8, 4) is 28.3 Å². The van der Waals surface area contributed by atoms with E-state index >= 15 is 0 Å². The molecule has 0 aliphatic rings. The summed E-state index contributed by atoms with van der Waals surface area (Å²) >= 11 is 0. The molecule has 4 aromatic carbocycles. The smallest absolute Gasteiger partial charge is 0.0991 e. The fourth-order valence-electron chi connectivity index (χ4n) is 3.68. The fraction of sp³-hybridized carbons (Fsp3) is 0.107. The Kier molecular flexibility index (Phi) is 5.54. The van der Waals surface area contributed by atoms with E-state index in [1.54, 1.807) is 0 Å². The molecule has 0 aliphatic heterocycles. The molecule has 0 N–H and O–H groups in total. The van der Waals surface area contributed by atoms with Crippen LogP contribution in [0.4, 0.5) is 0 Å². The zero-order chi connectivity index (χ0) is 20.1. The van der Waals surface area contributed by atoms with Crippen molar-refractivity contribution < 1.29 is 0 Å². The van der Waals surface area contributed by atoms with Gasteiger partial charge in [0.1, 0.15) is 0 Å². The summed E-state index contributed by atoms with van der Waals surface area (Å²) in [5, 5.41) is 8.94. The maximum absolute atomic E-state index is 8.94. The van der Waals surface area contributed by atoms with E-state index in [2.05, 4.69) is 91.9 Å². The largest absolute Gasteiger partial charge is 0.192 e. The van der Waals surface area contributed by atoms with Gasteiger partial charge in [-0.2, -0.15) is 5.26 Å². The molecule has 0 aromatic heterocycles. The molecule has 0 saturated heterocycles. The van der Waals surface area contributed by atoms with Crippen LogP contribution in [-0.2, 0) is 6.42 Å². The Hall–Kier alpha value is -3.63. The topological polar surface area (TPSA) is 23.8 Å². The number of rotatable bonds is 5. The highest BCUT2D eigenvalue weighted by Crippen LogP contribution is 2.27. The Balaban J connectivity index is 1.46. The van der Waals surface area contributed by atoms with Gasteiger partial charge in [0.15, 0.2) is 0 Å². The van der Waals surface area contributed by atoms with Gasteiger partial charge in [-0.25, -0.2) is 0 Å². The van der Waals surface area contributed by atoms with Gasteiger partial charge in [-0.3, -0.25) is 0 Å². The van der Waals surface area contributed by atoms with Crippen molar-refractivity contribution in [2.45, 2.75) is 19.3 Å². The van der Waals surface area contributed by atoms with E-state index in [9.17, 15) is 0 Å². The Morgan fingerprint density at radius 1 is 0.621 bits per heavy atom. The van der Waals surface area contributed by atoms with Crippen LogP contribution in [-0.4, -0.2) is 0 Å². The first-order valence-electron chi connectivity index (χ1n) is 9.98. The number of hydrogen-bond acceptors (Lipinski definition) is 1. The van der Waals surface area contributed by atoms with Gasteiger partial charge in [-0.1, -0.05) is 97.9 Å². The summed E-state index contributed by atoms with van der Waals surface area (Å²) in [6, 6.07) is 38.1. The Labute approximate surface area is 172 Å². The minimum Gasteiger partial charge on any atom is -0.192 e. The zero-order valence-electron chi connectivity index (χ0n) is 16.5. The van der Waals surface area contributed by atoms with E-state index in [0.717, 1.165) is 17.5 Å². The van der Waals surface area contributed by atoms with Gasteiger partial charge in [-0.15, -0.1) is 0 Å². The molecule has 0 saturated carbocycles. The summed E-state index contributed by atoms with van der Waals surface area (Å²) in [4.78, 5) is 0. The van der Waals surface area contributed by atoms with Gasteiger partial charge in [0, 0.05) is 0 Å². The summed E-state index contributed by atoms with van der Waals surface area (Å²) < 4.78 is 0. The lowest BCUT2D eigenvalue weighted by molar-refractivity contribution is 0.759. The van der Waals surface area contributed by atoms with Crippen LogP contribution in [0.5, 0.6) is 0 Å². The molecule has 140 valence electrons. The summed E-state index contributed by atoms with van der Waals surface area (Å²) in [7, 11) is 0. The third-order valence-electron chi connectivity index (χ3n) is 5.43. The molecular weight excluding hydrogens is 350 g/mol. The molecule has 1 nitrogen and oxygen atoms in total. The SMILES string of the molecule is C[C@H](Cc1ccc(-c2ccc(-c3ccc(C#N)cc3)cc2)cc1)c1ccccc1. The average Bonchev–Trinajstić information content (AvgIpc) is 2.80. The number of nitriles is 1. The third kappa shape index (κ3) is 4.45. The van der Waals surface area contributed by atoms with E-state index in [1.807, 2.05) is 24.3 Å². The normalized spacial score (nSPS) is 11.6. The predicted molar refractivity (Wildman–Crippen MR) is 121 cm³/mol. The Morgan fingerprint density at radius 2 is 1.07 bits per heavy atom. The molecule has 0 aliphatic carbocycles. The third-order valence-corrected chi connectivity index (χ3v) is 5.43. The van der Waals surface area contributed by atoms with Gasteiger partial charge in [0.05, 0.1) is 11.6 Å². The maximum atomic E-state index is 8.94. The van der Waals surface area contributed by atoms with Crippen molar-refractivity contribution in [1.82, 2.24) is 0 Å². The van der Waals surface area contributed by atoms with Crippen LogP contribution in [0.3, 0.4) is 0 Å². The first kappa shape index (κ1) is 18.7. The van der Waals surface area contributed by atoms with Crippen molar-refractivity contribution in [2.75, 3.05) is 0 Å². The first-order valence-corrected chi connectivity index (χ1v) is 9.98. The molecule has 1 atom stereocenters. The van der Waals surface area contributed by atoms with Crippen molar-refractivity contribution >= 4 is 0 Å². The summed E-state index contributed by atoms with van der Waals surface area (Å²) in [6.45, 7) is 2.28. The lowest BCUT2D eigenvalue weighted by Gasteiger charge is -2.12. The highest BCUT2D eigenvalue weighted by molar-refractivity contribution is 5.70. The van der Waals surface area contributed by atoms with E-state index in [-0.39, 0.29) is 0 Å². The van der Waals surface area contributed by atoms with E-state index in [0.29, 0.717) is 11.5 Å². The predicted octanol–water partition coefficient (Wildman–Crippen LogP) is 7.24. The van der Waals surface area contributed by atoms with Crippen molar-refractivity contribution in [2.24, 2.45) is 0 Å². The minimum atomic E-state index is 0.508. The lowest BCUT2D eigenvalue weighted by Crippen LogP contribution is -1.98. The summed E-state index contributed by atoms with van der Waals surface area (Å²) in [6.07, 6.45) is 1.04. The highest BCUT2D eigenvalue weighted by atomic mass is 14.2. The molecule has 0 bridgehead atoms. The van der Waals surface area contributed by atoms with Gasteiger partial charge >= 0.3 is 0 Å². The molecular formula is C28H23N. The minimum absolute atomic E-state index is 0.508. The van der Waals surface area contributed by atoms with Gasteiger partial charge < -0.3 is 0 Å². The fourth-order valence-corrected chi connectivity index (χ4v) is 3.68. The van der Waals surface area contributed by atoms with E-state index in [4.69, 9.17) is 5.26 Å². The molecule has 0 spiro atoms. The molecule has 0 unspecified atom stereocenters. The monoisotopic (exact) mass is 373 g/mol. The molecule has 1 heteroatoms. The van der Waals surface area contributed by atoms with Gasteiger partial charge in [0.2, 0.25) is 0 Å². The Bertz CT molecular complexity index is 1100. The van der Waals surface area contributed by atoms with Crippen LogP contribution in [0.15, 0.2) is 103 Å². The quantitative estimate of drug-likeness (QED) is 0.362. The van der Waals surface area contributed by atoms with E-state index < -0.39 is 0 Å². The molecule has 0 fully saturated rings. The van der Waals surface area contributed by atoms with Crippen molar-refractivity contribution in [3.05, 3.63) is 120 Å². The lowest BCUT2D eigenvalue weighted by atomic mass is 9.92. The molecule has 4 aromatic rings. The van der Waals surface area contributed by atoms with Crippen molar-refractivity contribution in [3.63, 3.8) is 0 Å². The second-order valence-electron chi connectivity index (χ2n) is 7.48. The van der Waals surface area contributed by atoms with Gasteiger partial charge in [0.25, 0.3) is 0 Å². The Morgan fingerprint density at radius 3 is 1.55 bits per heavy atom. The molecule has 4 rings (SSSR count). The van der Waals surface area contributed by atoms with Crippen molar-refractivity contribution in [1.29, 1.82) is 5.26 Å². The van der Waals surface area contributed by atoms with Gasteiger partial charge in [-0.05, 0) is 57.9 Å². The van der Waals surface area contributed by atoms with Crippen LogP contribution in [0.1, 0.15) is 29.5 Å². The number of hydrogen-bond donors (Lipinski definition) is 0. The summed E-state index contributed by atoms with van der Waals surface area (Å²) in [5.74, 6) is 0.508. The summed E-state index contributed by atoms with van der Waals surface area (Å²) in [5.41, 5.74) is 8.16. The average molecular weight is 373 g/mol. The molecule has 0 radical (unpaired) electrons. The molecule has 0 heterocycles. The zero-order valence-corrected chi connectivity index (χ0v) is 16.5. The maximum Gasteiger partial charge on any atom is 0.0991 e. The first-order chi connectivity index (χ1) is 14.2. The number of nitrogens with zero attached hydrogens (tertiary/aromatic N) is 1. The van der Waals surface area contributed by atoms with Crippen LogP contribution in [0, 0.1) is 11.3 Å². The van der Waals surface area contributed by atoms with Crippen LogP contribution in [0.25, 0.3) is 22.3 Å². The van der Waals surface area contributed by atoms with Crippen LogP contribution < -0.4 is 0 Å². The molecule has 0 amide bonds. The second-order valence-corrected chi connectivity index (χ2v) is 7.48. The number of benzene rings is 4. The highest BCUT2D eigenvalue weighted by Gasteiger charge is 2.07. The van der Waals surface area contributed by atoms with Crippen LogP contribution in [0.2, 0.25) is 0 Å². The second kappa shape index (κ2) is 8.59. The standard InChI is InChI=1S/C28H23N/c1-21(24-5-3-2-4-6-24)19-22-7-11-25(12-8-22)27-15-17-28(18-16-27)26-13-9-23(20-29)10-14-26/h2-18,21H,19H2,1H3/t21-/m1/s1.